The van der Waals surface area contributed by atoms with Crippen molar-refractivity contribution in [1.29, 1.82) is 0 Å². The lowest BCUT2D eigenvalue weighted by Gasteiger charge is -2.20. The Morgan fingerprint density at radius 3 is 1.90 bits per heavy atom. The lowest BCUT2D eigenvalue weighted by atomic mass is 10.2. The monoisotopic (exact) mass is 352 g/mol. The summed E-state index contributed by atoms with van der Waals surface area (Å²) in [4.78, 5) is 39.1. The van der Waals surface area contributed by atoms with Gasteiger partial charge in [0.15, 0.2) is 0 Å². The molecule has 0 saturated carbocycles. The van der Waals surface area contributed by atoms with Crippen LogP contribution in [0.3, 0.4) is 0 Å². The van der Waals surface area contributed by atoms with E-state index >= 15 is 0 Å². The molecule has 0 heterocycles. The minimum Gasteiger partial charge on any atom is -0.357 e. The van der Waals surface area contributed by atoms with E-state index < -0.39 is 23.9 Å². The van der Waals surface area contributed by atoms with Crippen LogP contribution in [0.2, 0.25) is 0 Å². The Morgan fingerprint density at radius 1 is 1.00 bits per heavy atom. The number of hydrogen-bond acceptors (Lipinski definition) is 7. The summed E-state index contributed by atoms with van der Waals surface area (Å²) in [7, 11) is 2.92. The fourth-order valence-corrected chi connectivity index (χ4v) is 2.12. The van der Waals surface area contributed by atoms with Crippen molar-refractivity contribution in [3.8, 4) is 0 Å². The Kier molecular flexibility index (Phi) is 10.4. The maximum absolute atomic E-state index is 12.1. The molecule has 21 heavy (non-hydrogen) atoms. The molecule has 0 aromatic heterocycles. The zero-order chi connectivity index (χ0) is 16.4. The number of thiol groups is 3. The molecular formula is C11H20N4O3S3. The van der Waals surface area contributed by atoms with Crippen LogP contribution in [-0.2, 0) is 14.4 Å². The SMILES string of the molecule is CN=C(CS)C(=O)N[C@@H](CS)C(=O)N[C@@H](CS)C(=O)NC. The highest BCUT2D eigenvalue weighted by molar-refractivity contribution is 7.81. The van der Waals surface area contributed by atoms with Crippen molar-refractivity contribution in [2.45, 2.75) is 12.1 Å². The summed E-state index contributed by atoms with van der Waals surface area (Å²) >= 11 is 12.0. The molecule has 2 atom stereocenters. The van der Waals surface area contributed by atoms with Gasteiger partial charge >= 0.3 is 0 Å². The first kappa shape index (κ1) is 20.1. The molecule has 0 fully saturated rings. The van der Waals surface area contributed by atoms with Gasteiger partial charge in [-0.2, -0.15) is 37.9 Å². The van der Waals surface area contributed by atoms with E-state index in [9.17, 15) is 14.4 Å². The number of nitrogens with zero attached hydrogens (tertiary/aromatic N) is 1. The van der Waals surface area contributed by atoms with Crippen molar-refractivity contribution in [1.82, 2.24) is 16.0 Å². The third-order valence-corrected chi connectivity index (χ3v) is 3.58. The predicted molar refractivity (Wildman–Crippen MR) is 92.8 cm³/mol. The Bertz CT molecular complexity index is 418. The van der Waals surface area contributed by atoms with Crippen molar-refractivity contribution >= 4 is 61.3 Å². The highest BCUT2D eigenvalue weighted by atomic mass is 32.1. The van der Waals surface area contributed by atoms with Gasteiger partial charge in [0.2, 0.25) is 11.8 Å². The van der Waals surface area contributed by atoms with Crippen molar-refractivity contribution in [3.05, 3.63) is 0 Å². The average molecular weight is 353 g/mol. The van der Waals surface area contributed by atoms with Gasteiger partial charge in [-0.1, -0.05) is 0 Å². The second kappa shape index (κ2) is 10.8. The van der Waals surface area contributed by atoms with Crippen LogP contribution in [0.4, 0.5) is 0 Å². The topological polar surface area (TPSA) is 99.7 Å². The van der Waals surface area contributed by atoms with Gasteiger partial charge in [0.25, 0.3) is 5.91 Å². The van der Waals surface area contributed by atoms with Crippen LogP contribution < -0.4 is 16.0 Å². The van der Waals surface area contributed by atoms with E-state index in [0.29, 0.717) is 0 Å². The van der Waals surface area contributed by atoms with Gasteiger partial charge in [0.1, 0.15) is 17.8 Å². The van der Waals surface area contributed by atoms with E-state index in [4.69, 9.17) is 0 Å². The van der Waals surface area contributed by atoms with E-state index in [2.05, 4.69) is 58.8 Å². The number of amides is 3. The second-order valence-corrected chi connectivity index (χ2v) is 4.94. The highest BCUT2D eigenvalue weighted by Crippen LogP contribution is 1.95. The smallest absolute Gasteiger partial charge is 0.266 e. The van der Waals surface area contributed by atoms with Crippen LogP contribution in [0.5, 0.6) is 0 Å². The lowest BCUT2D eigenvalue weighted by Crippen LogP contribution is -2.55. The van der Waals surface area contributed by atoms with Crippen LogP contribution in [0.25, 0.3) is 0 Å². The molecule has 0 unspecified atom stereocenters. The van der Waals surface area contributed by atoms with Gasteiger partial charge in [-0.15, -0.1) is 0 Å². The summed E-state index contributed by atoms with van der Waals surface area (Å²) < 4.78 is 0. The first-order valence-corrected chi connectivity index (χ1v) is 7.95. The van der Waals surface area contributed by atoms with E-state index in [-0.39, 0.29) is 28.9 Å². The fourth-order valence-electron chi connectivity index (χ4n) is 1.32. The van der Waals surface area contributed by atoms with E-state index in [1.54, 1.807) is 0 Å². The maximum atomic E-state index is 12.1. The molecule has 0 saturated heterocycles. The minimum absolute atomic E-state index is 0.0776. The zero-order valence-corrected chi connectivity index (χ0v) is 14.5. The Hall–Kier alpha value is -0.870. The summed E-state index contributed by atoms with van der Waals surface area (Å²) in [6, 6.07) is -1.67. The molecule has 120 valence electrons. The first-order chi connectivity index (χ1) is 9.94. The number of nitrogens with one attached hydrogen (secondary N) is 3. The van der Waals surface area contributed by atoms with Crippen molar-refractivity contribution in [3.63, 3.8) is 0 Å². The number of rotatable bonds is 8. The highest BCUT2D eigenvalue weighted by Gasteiger charge is 2.25. The van der Waals surface area contributed by atoms with Crippen LogP contribution in [0.15, 0.2) is 4.99 Å². The Morgan fingerprint density at radius 2 is 1.52 bits per heavy atom. The first-order valence-electron chi connectivity index (χ1n) is 6.06. The normalized spacial score (nSPS) is 14.0. The number of carbonyl (C=O) groups is 3. The molecule has 0 aliphatic carbocycles. The quantitative estimate of drug-likeness (QED) is 0.238. The molecule has 0 spiro atoms. The molecule has 0 aromatic carbocycles. The van der Waals surface area contributed by atoms with Crippen molar-refractivity contribution in [2.24, 2.45) is 4.99 Å². The molecule has 10 heteroatoms. The molecule has 7 nitrogen and oxygen atoms in total. The van der Waals surface area contributed by atoms with Gasteiger partial charge in [0.05, 0.1) is 0 Å². The summed E-state index contributed by atoms with van der Waals surface area (Å²) in [6.07, 6.45) is 0. The molecule has 0 bridgehead atoms. The molecule has 0 aliphatic heterocycles. The van der Waals surface area contributed by atoms with Crippen molar-refractivity contribution in [2.75, 3.05) is 31.4 Å². The summed E-state index contributed by atoms with van der Waals surface area (Å²) in [5, 5.41) is 7.41. The van der Waals surface area contributed by atoms with Crippen LogP contribution in [0.1, 0.15) is 0 Å². The van der Waals surface area contributed by atoms with Crippen LogP contribution in [0, 0.1) is 0 Å². The predicted octanol–water partition coefficient (Wildman–Crippen LogP) is -1.44. The van der Waals surface area contributed by atoms with Crippen molar-refractivity contribution < 1.29 is 14.4 Å². The average Bonchev–Trinajstić information content (AvgIpc) is 2.50. The molecular weight excluding hydrogens is 332 g/mol. The molecule has 3 amide bonds. The largest absolute Gasteiger partial charge is 0.357 e. The molecule has 0 aliphatic rings. The Balaban J connectivity index is 4.76. The zero-order valence-electron chi connectivity index (χ0n) is 11.8. The fraction of sp³-hybridized carbons (Fsp3) is 0.636. The third kappa shape index (κ3) is 6.62. The third-order valence-electron chi connectivity index (χ3n) is 2.55. The van der Waals surface area contributed by atoms with Crippen LogP contribution in [-0.4, -0.2) is 66.9 Å². The van der Waals surface area contributed by atoms with Gasteiger partial charge in [0, 0.05) is 31.4 Å². The molecule has 0 radical (unpaired) electrons. The second-order valence-electron chi connectivity index (χ2n) is 3.90. The number of aliphatic imine (C=N–C) groups is 1. The standard InChI is InChI=1S/C11H20N4O3S3/c1-12-6(3-19)10(17)15-8(5-21)11(18)14-7(4-20)9(16)13-2/h7-8,19-21H,3-5H2,1-2H3,(H,13,16)(H,14,18)(H,15,17)/t7-,8-/m0/s1. The summed E-state index contributed by atoms with van der Waals surface area (Å²) in [5.74, 6) is -1.01. The van der Waals surface area contributed by atoms with Gasteiger partial charge in [-0.05, 0) is 0 Å². The number of likely N-dealkylation sites (N-methyl/N-ethyl adjacent to an activating group) is 1. The minimum atomic E-state index is -0.885. The summed E-state index contributed by atoms with van der Waals surface area (Å²) in [5.41, 5.74) is 0.204. The summed E-state index contributed by atoms with van der Waals surface area (Å²) in [6.45, 7) is 0. The molecule has 3 N–H and O–H groups in total. The van der Waals surface area contributed by atoms with Gasteiger partial charge in [-0.25, -0.2) is 0 Å². The van der Waals surface area contributed by atoms with E-state index in [0.717, 1.165) is 0 Å². The molecule has 0 rings (SSSR count). The van der Waals surface area contributed by atoms with E-state index in [1.165, 1.54) is 14.1 Å². The van der Waals surface area contributed by atoms with E-state index in [1.807, 2.05) is 0 Å². The van der Waals surface area contributed by atoms with Gasteiger partial charge < -0.3 is 16.0 Å². The lowest BCUT2D eigenvalue weighted by molar-refractivity contribution is -0.130. The maximum Gasteiger partial charge on any atom is 0.266 e. The molecule has 0 aromatic rings. The van der Waals surface area contributed by atoms with Crippen LogP contribution >= 0.6 is 37.9 Å². The number of hydrogen-bond donors (Lipinski definition) is 6. The Labute approximate surface area is 140 Å². The van der Waals surface area contributed by atoms with Gasteiger partial charge in [-0.3, -0.25) is 19.4 Å². The number of carbonyl (C=O) groups excluding carboxylic acids is 3.